The van der Waals surface area contributed by atoms with E-state index >= 15 is 0 Å². The molecule has 5 nitrogen and oxygen atoms in total. The van der Waals surface area contributed by atoms with E-state index in [4.69, 9.17) is 32.7 Å². The molecule has 2 unspecified atom stereocenters. The van der Waals surface area contributed by atoms with Crippen LogP contribution >= 0.6 is 23.2 Å². The third kappa shape index (κ3) is 3.44. The number of likely N-dealkylation sites (tertiary alicyclic amines) is 1. The molecule has 2 fully saturated rings. The molecule has 0 N–H and O–H groups in total. The molecule has 1 aromatic rings. The quantitative estimate of drug-likeness (QED) is 0.758. The molecule has 0 radical (unpaired) electrons. The highest BCUT2D eigenvalue weighted by molar-refractivity contribution is 6.43. The lowest BCUT2D eigenvalue weighted by Gasteiger charge is -2.41. The number of carbonyl (C=O) groups excluding carboxylic acids is 1. The van der Waals surface area contributed by atoms with E-state index in [0.29, 0.717) is 16.5 Å². The van der Waals surface area contributed by atoms with Crippen LogP contribution in [0.2, 0.25) is 10.0 Å². The zero-order valence-electron chi connectivity index (χ0n) is 15.8. The van der Waals surface area contributed by atoms with Gasteiger partial charge in [-0.2, -0.15) is 0 Å². The van der Waals surface area contributed by atoms with Crippen LogP contribution in [-0.4, -0.2) is 60.7 Å². The lowest BCUT2D eigenvalue weighted by atomic mass is 9.81. The fourth-order valence-corrected chi connectivity index (χ4v) is 5.12. The highest BCUT2D eigenvalue weighted by Gasteiger charge is 2.47. The number of benzene rings is 1. The van der Waals surface area contributed by atoms with Crippen molar-refractivity contribution in [2.24, 2.45) is 0 Å². The van der Waals surface area contributed by atoms with Gasteiger partial charge in [0.05, 0.1) is 18.2 Å². The summed E-state index contributed by atoms with van der Waals surface area (Å²) in [4.78, 5) is 16.8. The Morgan fingerprint density at radius 3 is 2.70 bits per heavy atom. The van der Waals surface area contributed by atoms with Crippen molar-refractivity contribution in [2.45, 2.75) is 51.3 Å². The number of halogens is 2. The van der Waals surface area contributed by atoms with Crippen molar-refractivity contribution in [3.8, 4) is 5.75 Å². The summed E-state index contributed by atoms with van der Waals surface area (Å²) in [5.74, 6) is 1.05. The Morgan fingerprint density at radius 2 is 2.00 bits per heavy atom. The first kappa shape index (κ1) is 19.3. The topological polar surface area (TPSA) is 42.0 Å². The van der Waals surface area contributed by atoms with E-state index < -0.39 is 0 Å². The maximum Gasteiger partial charge on any atom is 0.222 e. The number of piperidine rings is 1. The van der Waals surface area contributed by atoms with Gasteiger partial charge < -0.3 is 14.4 Å². The molecule has 7 heteroatoms. The van der Waals surface area contributed by atoms with Crippen molar-refractivity contribution in [1.82, 2.24) is 9.80 Å². The van der Waals surface area contributed by atoms with Crippen LogP contribution in [0.4, 0.5) is 0 Å². The van der Waals surface area contributed by atoms with Gasteiger partial charge in [0, 0.05) is 56.5 Å². The number of morpholine rings is 1. The smallest absolute Gasteiger partial charge is 0.222 e. The second-order valence-corrected chi connectivity index (χ2v) is 8.40. The van der Waals surface area contributed by atoms with Gasteiger partial charge in [0.2, 0.25) is 5.91 Å². The molecule has 3 heterocycles. The van der Waals surface area contributed by atoms with Crippen molar-refractivity contribution >= 4 is 29.1 Å². The first-order valence-corrected chi connectivity index (χ1v) is 10.5. The third-order valence-electron chi connectivity index (χ3n) is 6.09. The monoisotopic (exact) mass is 412 g/mol. The van der Waals surface area contributed by atoms with E-state index in [9.17, 15) is 4.79 Å². The number of carbonyl (C=O) groups is 1. The minimum Gasteiger partial charge on any atom is -0.488 e. The highest BCUT2D eigenvalue weighted by Crippen LogP contribution is 2.52. The molecular weight excluding hydrogens is 387 g/mol. The molecule has 0 bridgehead atoms. The van der Waals surface area contributed by atoms with Crippen molar-refractivity contribution in [2.75, 3.05) is 32.8 Å². The number of nitrogens with zero attached hydrogens (tertiary/aromatic N) is 2. The van der Waals surface area contributed by atoms with E-state index in [1.807, 2.05) is 17.9 Å². The van der Waals surface area contributed by atoms with Crippen LogP contribution < -0.4 is 4.74 Å². The van der Waals surface area contributed by atoms with E-state index in [0.717, 1.165) is 62.7 Å². The molecule has 1 aromatic carbocycles. The molecule has 148 valence electrons. The Morgan fingerprint density at radius 1 is 1.26 bits per heavy atom. The van der Waals surface area contributed by atoms with Gasteiger partial charge in [0.1, 0.15) is 16.9 Å². The van der Waals surface area contributed by atoms with E-state index in [1.54, 1.807) is 0 Å². The molecule has 4 rings (SSSR count). The van der Waals surface area contributed by atoms with Crippen molar-refractivity contribution in [3.05, 3.63) is 27.2 Å². The maximum absolute atomic E-state index is 12.4. The predicted octanol–water partition coefficient (Wildman–Crippen LogP) is 3.70. The summed E-state index contributed by atoms with van der Waals surface area (Å²) in [6.07, 6.45) is 1.40. The Labute approximate surface area is 170 Å². The summed E-state index contributed by atoms with van der Waals surface area (Å²) < 4.78 is 11.8. The van der Waals surface area contributed by atoms with Gasteiger partial charge in [-0.15, -0.1) is 0 Å². The molecule has 2 saturated heterocycles. The molecule has 1 amide bonds. The van der Waals surface area contributed by atoms with Crippen LogP contribution in [0.5, 0.6) is 5.75 Å². The average Bonchev–Trinajstić information content (AvgIpc) is 3.07. The zero-order chi connectivity index (χ0) is 19.1. The first-order chi connectivity index (χ1) is 13.0. The summed E-state index contributed by atoms with van der Waals surface area (Å²) in [6.45, 7) is 8.88. The van der Waals surface area contributed by atoms with Crippen LogP contribution in [0.3, 0.4) is 0 Å². The molecule has 27 heavy (non-hydrogen) atoms. The van der Waals surface area contributed by atoms with Crippen molar-refractivity contribution in [1.29, 1.82) is 0 Å². The van der Waals surface area contributed by atoms with Gasteiger partial charge in [0.25, 0.3) is 0 Å². The summed E-state index contributed by atoms with van der Waals surface area (Å²) in [5.41, 5.74) is 2.30. The minimum absolute atomic E-state index is 0.0512. The Hall–Kier alpha value is -1.01. The molecule has 0 aromatic heterocycles. The van der Waals surface area contributed by atoms with Gasteiger partial charge in [-0.1, -0.05) is 30.1 Å². The summed E-state index contributed by atoms with van der Waals surface area (Å²) in [5, 5.41) is 1.03. The fourth-order valence-electron chi connectivity index (χ4n) is 4.70. The van der Waals surface area contributed by atoms with E-state index in [1.165, 1.54) is 0 Å². The lowest BCUT2D eigenvalue weighted by Crippen LogP contribution is -2.50. The summed E-state index contributed by atoms with van der Waals surface area (Å²) >= 11 is 13.0. The van der Waals surface area contributed by atoms with Crippen LogP contribution in [0.25, 0.3) is 0 Å². The zero-order valence-corrected chi connectivity index (χ0v) is 17.4. The van der Waals surface area contributed by atoms with Gasteiger partial charge in [0.15, 0.2) is 0 Å². The predicted molar refractivity (Wildman–Crippen MR) is 106 cm³/mol. The van der Waals surface area contributed by atoms with Crippen LogP contribution in [0, 0.1) is 0 Å². The van der Waals surface area contributed by atoms with Gasteiger partial charge >= 0.3 is 0 Å². The largest absolute Gasteiger partial charge is 0.488 e. The van der Waals surface area contributed by atoms with Gasteiger partial charge in [-0.05, 0) is 18.6 Å². The fraction of sp³-hybridized carbons (Fsp3) is 0.650. The lowest BCUT2D eigenvalue weighted by molar-refractivity contribution is -0.135. The molecule has 0 saturated carbocycles. The standard InChI is InChI=1S/C20H26Cl2N2O3/c1-3-16(25)24-5-4-15-17(12(24)2)18-13(11-23-6-8-26-9-7-23)10-14(21)19(22)20(18)27-15/h10,12,15,17H,3-9,11H2,1-2H3/t12-,15?,17?/m0/s1. The molecule has 0 aliphatic carbocycles. The van der Waals surface area contributed by atoms with Crippen LogP contribution in [-0.2, 0) is 16.1 Å². The highest BCUT2D eigenvalue weighted by atomic mass is 35.5. The van der Waals surface area contributed by atoms with Gasteiger partial charge in [-0.25, -0.2) is 0 Å². The number of hydrogen-bond acceptors (Lipinski definition) is 4. The third-order valence-corrected chi connectivity index (χ3v) is 6.86. The van der Waals surface area contributed by atoms with Gasteiger partial charge in [-0.3, -0.25) is 9.69 Å². The molecule has 3 aliphatic rings. The molecule has 0 spiro atoms. The number of fused-ring (bicyclic) bond motifs is 3. The second-order valence-electron chi connectivity index (χ2n) is 7.61. The van der Waals surface area contributed by atoms with E-state index in [2.05, 4.69) is 11.8 Å². The first-order valence-electron chi connectivity index (χ1n) is 9.78. The molecule has 3 aliphatic heterocycles. The van der Waals surface area contributed by atoms with Crippen molar-refractivity contribution in [3.63, 3.8) is 0 Å². The van der Waals surface area contributed by atoms with Crippen LogP contribution in [0.1, 0.15) is 43.7 Å². The SMILES string of the molecule is CCC(=O)N1CCC2Oc3c(Cl)c(Cl)cc(CN4CCOCC4)c3C2[C@@H]1C. The summed E-state index contributed by atoms with van der Waals surface area (Å²) in [6, 6.07) is 2.06. The average molecular weight is 413 g/mol. The Balaban J connectivity index is 1.71. The molecule has 3 atom stereocenters. The number of ether oxygens (including phenoxy) is 2. The molecular formula is C20H26Cl2N2O3. The normalized spacial score (nSPS) is 27.9. The van der Waals surface area contributed by atoms with Crippen LogP contribution in [0.15, 0.2) is 6.07 Å². The van der Waals surface area contributed by atoms with Crippen molar-refractivity contribution < 1.29 is 14.3 Å². The Kier molecular flexibility index (Phi) is 5.57. The Bertz CT molecular complexity index is 736. The number of amides is 1. The summed E-state index contributed by atoms with van der Waals surface area (Å²) in [7, 11) is 0. The maximum atomic E-state index is 12.4. The minimum atomic E-state index is 0.0512. The number of rotatable bonds is 3. The second kappa shape index (κ2) is 7.78. The van der Waals surface area contributed by atoms with E-state index in [-0.39, 0.29) is 24.0 Å². The number of hydrogen-bond donors (Lipinski definition) is 0.